The minimum Gasteiger partial charge on any atom is -0.459 e. The van der Waals surface area contributed by atoms with Gasteiger partial charge in [-0.15, -0.1) is 0 Å². The van der Waals surface area contributed by atoms with Crippen molar-refractivity contribution < 1.29 is 9.53 Å². The summed E-state index contributed by atoms with van der Waals surface area (Å²) < 4.78 is 6.91. The molecular formula is C15H17ClN2O2. The number of carbonyl (C=O) groups excluding carboxylic acids is 1. The summed E-state index contributed by atoms with van der Waals surface area (Å²) in [5.74, 6) is -0.321. The average molecular weight is 293 g/mol. The van der Waals surface area contributed by atoms with Crippen molar-refractivity contribution in [2.75, 3.05) is 0 Å². The van der Waals surface area contributed by atoms with E-state index in [1.807, 2.05) is 39.8 Å². The lowest BCUT2D eigenvalue weighted by molar-refractivity contribution is 0.0378. The van der Waals surface area contributed by atoms with Crippen LogP contribution in [0.5, 0.6) is 0 Å². The van der Waals surface area contributed by atoms with Gasteiger partial charge < -0.3 is 4.74 Å². The van der Waals surface area contributed by atoms with Crippen LogP contribution in [0.3, 0.4) is 0 Å². The molecule has 0 saturated carbocycles. The molecule has 0 atom stereocenters. The van der Waals surface area contributed by atoms with Gasteiger partial charge in [-0.3, -0.25) is 0 Å². The third-order valence-electron chi connectivity index (χ3n) is 2.89. The van der Waals surface area contributed by atoms with Gasteiger partial charge in [0.1, 0.15) is 0 Å². The second-order valence-electron chi connectivity index (χ2n) is 4.90. The number of halogens is 1. The van der Waals surface area contributed by atoms with E-state index in [-0.39, 0.29) is 12.1 Å². The zero-order chi connectivity index (χ0) is 14.9. The van der Waals surface area contributed by atoms with Crippen LogP contribution in [0.25, 0.3) is 5.69 Å². The maximum Gasteiger partial charge on any atom is 0.338 e. The molecule has 0 spiro atoms. The van der Waals surface area contributed by atoms with E-state index in [0.717, 1.165) is 17.1 Å². The van der Waals surface area contributed by atoms with Crippen molar-refractivity contribution in [2.45, 2.75) is 33.8 Å². The Balaban J connectivity index is 2.28. The Morgan fingerprint density at radius 3 is 2.30 bits per heavy atom. The van der Waals surface area contributed by atoms with E-state index >= 15 is 0 Å². The quantitative estimate of drug-likeness (QED) is 0.810. The molecule has 0 N–H and O–H groups in total. The zero-order valence-corrected chi connectivity index (χ0v) is 12.7. The summed E-state index contributed by atoms with van der Waals surface area (Å²) in [5, 5.41) is 5.03. The van der Waals surface area contributed by atoms with E-state index in [1.54, 1.807) is 16.8 Å². The standard InChI is InChI=1S/C15H17ClN2O2/c1-9(2)20-15(19)12-5-7-13(8-6-12)18-11(4)14(16)10(3)17-18/h5-9H,1-4H3. The van der Waals surface area contributed by atoms with Crippen LogP contribution in [0.15, 0.2) is 24.3 Å². The number of aromatic nitrogens is 2. The maximum atomic E-state index is 11.8. The van der Waals surface area contributed by atoms with Crippen molar-refractivity contribution >= 4 is 17.6 Å². The molecule has 5 heteroatoms. The first-order valence-electron chi connectivity index (χ1n) is 6.43. The van der Waals surface area contributed by atoms with E-state index in [2.05, 4.69) is 5.10 Å². The molecule has 0 radical (unpaired) electrons. The number of carbonyl (C=O) groups is 1. The predicted octanol–water partition coefficient (Wildman–Crippen LogP) is 3.71. The van der Waals surface area contributed by atoms with Crippen LogP contribution < -0.4 is 0 Å². The van der Waals surface area contributed by atoms with Gasteiger partial charge in [-0.25, -0.2) is 9.48 Å². The molecule has 0 bridgehead atoms. The molecule has 0 fully saturated rings. The second kappa shape index (κ2) is 5.67. The Kier molecular flexibility index (Phi) is 4.14. The number of rotatable bonds is 3. The van der Waals surface area contributed by atoms with Crippen LogP contribution in [-0.2, 0) is 4.74 Å². The largest absolute Gasteiger partial charge is 0.459 e. The van der Waals surface area contributed by atoms with E-state index in [1.165, 1.54) is 0 Å². The predicted molar refractivity (Wildman–Crippen MR) is 78.6 cm³/mol. The van der Waals surface area contributed by atoms with Gasteiger partial charge in [0.2, 0.25) is 0 Å². The molecule has 4 nitrogen and oxygen atoms in total. The summed E-state index contributed by atoms with van der Waals surface area (Å²) in [6.07, 6.45) is -0.128. The Morgan fingerprint density at radius 2 is 1.85 bits per heavy atom. The number of nitrogens with zero attached hydrogens (tertiary/aromatic N) is 2. The van der Waals surface area contributed by atoms with Gasteiger partial charge >= 0.3 is 5.97 Å². The summed E-state index contributed by atoms with van der Waals surface area (Å²) in [6, 6.07) is 7.11. The topological polar surface area (TPSA) is 44.1 Å². The highest BCUT2D eigenvalue weighted by molar-refractivity contribution is 6.31. The lowest BCUT2D eigenvalue weighted by Crippen LogP contribution is -2.11. The number of hydrogen-bond acceptors (Lipinski definition) is 3. The van der Waals surface area contributed by atoms with Gasteiger partial charge in [0.05, 0.1) is 33.8 Å². The Labute approximate surface area is 123 Å². The average Bonchev–Trinajstić information content (AvgIpc) is 2.66. The molecule has 1 aromatic carbocycles. The fraction of sp³-hybridized carbons (Fsp3) is 0.333. The minimum absolute atomic E-state index is 0.128. The van der Waals surface area contributed by atoms with Crippen LogP contribution >= 0.6 is 11.6 Å². The summed E-state index contributed by atoms with van der Waals surface area (Å²) in [7, 11) is 0. The molecule has 20 heavy (non-hydrogen) atoms. The summed E-state index contributed by atoms with van der Waals surface area (Å²) in [4.78, 5) is 11.8. The van der Waals surface area contributed by atoms with Gasteiger partial charge in [-0.1, -0.05) is 11.6 Å². The molecule has 0 aliphatic heterocycles. The second-order valence-corrected chi connectivity index (χ2v) is 5.28. The van der Waals surface area contributed by atoms with Crippen molar-refractivity contribution in [3.63, 3.8) is 0 Å². The van der Waals surface area contributed by atoms with E-state index in [9.17, 15) is 4.79 Å². The highest BCUT2D eigenvalue weighted by Crippen LogP contribution is 2.22. The van der Waals surface area contributed by atoms with Gasteiger partial charge in [-0.2, -0.15) is 5.10 Å². The van der Waals surface area contributed by atoms with Crippen LogP contribution in [0.1, 0.15) is 35.6 Å². The van der Waals surface area contributed by atoms with E-state index in [4.69, 9.17) is 16.3 Å². The monoisotopic (exact) mass is 292 g/mol. The van der Waals surface area contributed by atoms with Gasteiger partial charge in [0.25, 0.3) is 0 Å². The lowest BCUT2D eigenvalue weighted by atomic mass is 10.2. The number of hydrogen-bond donors (Lipinski definition) is 0. The van der Waals surface area contributed by atoms with Crippen molar-refractivity contribution in [1.29, 1.82) is 0 Å². The van der Waals surface area contributed by atoms with Gasteiger partial charge in [0.15, 0.2) is 0 Å². The fourth-order valence-electron chi connectivity index (χ4n) is 1.90. The molecular weight excluding hydrogens is 276 g/mol. The molecule has 0 saturated heterocycles. The maximum absolute atomic E-state index is 11.8. The molecule has 0 amide bonds. The number of esters is 1. The molecule has 0 unspecified atom stereocenters. The molecule has 106 valence electrons. The minimum atomic E-state index is -0.321. The first-order valence-corrected chi connectivity index (χ1v) is 6.81. The summed E-state index contributed by atoms with van der Waals surface area (Å²) >= 11 is 6.13. The SMILES string of the molecule is Cc1nn(-c2ccc(C(=O)OC(C)C)cc2)c(C)c1Cl. The smallest absolute Gasteiger partial charge is 0.338 e. The molecule has 1 heterocycles. The Morgan fingerprint density at radius 1 is 1.25 bits per heavy atom. The van der Waals surface area contributed by atoms with Crippen LogP contribution in [0.4, 0.5) is 0 Å². The number of aryl methyl sites for hydroxylation is 1. The molecule has 0 aliphatic rings. The van der Waals surface area contributed by atoms with Crippen molar-refractivity contribution in [3.8, 4) is 5.69 Å². The summed E-state index contributed by atoms with van der Waals surface area (Å²) in [5.41, 5.74) is 3.04. The first-order chi connectivity index (χ1) is 9.40. The fourth-order valence-corrected chi connectivity index (χ4v) is 2.01. The van der Waals surface area contributed by atoms with Crippen LogP contribution in [-0.4, -0.2) is 21.9 Å². The number of benzene rings is 1. The van der Waals surface area contributed by atoms with Crippen LogP contribution in [0, 0.1) is 13.8 Å². The normalized spacial score (nSPS) is 10.9. The zero-order valence-electron chi connectivity index (χ0n) is 12.0. The molecule has 1 aromatic heterocycles. The van der Waals surface area contributed by atoms with Gasteiger partial charge in [0, 0.05) is 0 Å². The Bertz CT molecular complexity index is 630. The van der Waals surface area contributed by atoms with Crippen LogP contribution in [0.2, 0.25) is 5.02 Å². The highest BCUT2D eigenvalue weighted by Gasteiger charge is 2.12. The highest BCUT2D eigenvalue weighted by atomic mass is 35.5. The molecule has 2 rings (SSSR count). The third-order valence-corrected chi connectivity index (χ3v) is 3.44. The van der Waals surface area contributed by atoms with Crippen molar-refractivity contribution in [1.82, 2.24) is 9.78 Å². The molecule has 2 aromatic rings. The van der Waals surface area contributed by atoms with Crippen molar-refractivity contribution in [3.05, 3.63) is 46.2 Å². The van der Waals surface area contributed by atoms with Crippen molar-refractivity contribution in [2.24, 2.45) is 0 Å². The first kappa shape index (κ1) is 14.6. The van der Waals surface area contributed by atoms with E-state index in [0.29, 0.717) is 10.6 Å². The number of ether oxygens (including phenoxy) is 1. The van der Waals surface area contributed by atoms with Gasteiger partial charge in [-0.05, 0) is 52.0 Å². The Hall–Kier alpha value is -1.81. The molecule has 0 aliphatic carbocycles. The lowest BCUT2D eigenvalue weighted by Gasteiger charge is -2.09. The summed E-state index contributed by atoms with van der Waals surface area (Å²) in [6.45, 7) is 7.41. The third kappa shape index (κ3) is 2.85. The van der Waals surface area contributed by atoms with E-state index < -0.39 is 0 Å².